The molecule has 2 aromatic rings. The summed E-state index contributed by atoms with van der Waals surface area (Å²) in [6.45, 7) is 4.73. The first kappa shape index (κ1) is 50.8. The maximum absolute atomic E-state index is 14.0. The molecule has 0 saturated heterocycles. The number of ketones is 2. The van der Waals surface area contributed by atoms with Crippen LogP contribution in [0.2, 0.25) is 0 Å². The van der Waals surface area contributed by atoms with E-state index in [0.717, 1.165) is 25.3 Å². The van der Waals surface area contributed by atoms with Gasteiger partial charge in [0.2, 0.25) is 23.6 Å². The molecule has 0 aliphatic heterocycles. The number of carbonyl (C=O) groups excluding carboxylic acids is 6. The second kappa shape index (κ2) is 26.7. The zero-order chi connectivity index (χ0) is 44.0. The van der Waals surface area contributed by atoms with Gasteiger partial charge in [0, 0.05) is 44.8 Å². The van der Waals surface area contributed by atoms with Crippen molar-refractivity contribution in [2.75, 3.05) is 46.6 Å². The van der Waals surface area contributed by atoms with E-state index in [4.69, 9.17) is 25.0 Å². The van der Waals surface area contributed by atoms with Crippen LogP contribution < -0.4 is 16.4 Å². The van der Waals surface area contributed by atoms with E-state index < -0.39 is 86.6 Å². The number of primary amides is 1. The third-order valence-electron chi connectivity index (χ3n) is 9.38. The van der Waals surface area contributed by atoms with Gasteiger partial charge < -0.3 is 50.6 Å². The smallest absolute Gasteiger partial charge is 0.394 e. The van der Waals surface area contributed by atoms with Crippen molar-refractivity contribution in [3.63, 3.8) is 0 Å². The number of carbonyl (C=O) groups is 6. The highest BCUT2D eigenvalue weighted by atomic mass is 31.2. The minimum Gasteiger partial charge on any atom is -0.394 e. The van der Waals surface area contributed by atoms with Gasteiger partial charge in [0.25, 0.3) is 0 Å². The van der Waals surface area contributed by atoms with Crippen LogP contribution in [0, 0.1) is 17.8 Å². The molecule has 0 saturated carbocycles. The summed E-state index contributed by atoms with van der Waals surface area (Å²) in [5.41, 5.74) is 6.99. The molecule has 8 N–H and O–H groups in total. The number of amides is 4. The number of aryl methyl sites for hydroxylation is 1. The van der Waals surface area contributed by atoms with Crippen LogP contribution >= 0.6 is 7.82 Å². The molecule has 0 aliphatic carbocycles. The first-order valence-corrected chi connectivity index (χ1v) is 21.1. The third kappa shape index (κ3) is 20.4. The summed E-state index contributed by atoms with van der Waals surface area (Å²) < 4.78 is 26.3. The average Bonchev–Trinajstić information content (AvgIpc) is 3.68. The van der Waals surface area contributed by atoms with E-state index in [9.17, 15) is 38.4 Å². The predicted molar refractivity (Wildman–Crippen MR) is 214 cm³/mol. The number of rotatable bonds is 31. The number of aliphatic hydroxyl groups is 1. The highest BCUT2D eigenvalue weighted by Gasteiger charge is 2.35. The number of nitrogens with one attached hydrogen (secondary N) is 3. The molecule has 4 amide bonds. The van der Waals surface area contributed by atoms with Crippen molar-refractivity contribution in [1.29, 1.82) is 0 Å². The Hall–Kier alpha value is -4.36. The van der Waals surface area contributed by atoms with Gasteiger partial charge in [-0.2, -0.15) is 0 Å². The Morgan fingerprint density at radius 2 is 1.64 bits per heavy atom. The van der Waals surface area contributed by atoms with Crippen molar-refractivity contribution in [2.45, 2.75) is 90.3 Å². The number of nitrogens with two attached hydrogens (primary N) is 1. The zero-order valence-electron chi connectivity index (χ0n) is 34.2. The maximum atomic E-state index is 14.0. The number of aliphatic hydroxyl groups excluding tert-OH is 1. The second-order valence-electron chi connectivity index (χ2n) is 14.7. The molecule has 1 aromatic carbocycles. The van der Waals surface area contributed by atoms with Crippen LogP contribution in [0.4, 0.5) is 0 Å². The summed E-state index contributed by atoms with van der Waals surface area (Å²) in [5.74, 6) is -6.89. The second-order valence-corrected chi connectivity index (χ2v) is 15.9. The summed E-state index contributed by atoms with van der Waals surface area (Å²) in [7, 11) is -3.52. The van der Waals surface area contributed by atoms with Gasteiger partial charge in [0.1, 0.15) is 6.04 Å². The summed E-state index contributed by atoms with van der Waals surface area (Å²) in [6, 6.07) is 7.25. The molecule has 0 unspecified atom stereocenters. The van der Waals surface area contributed by atoms with E-state index in [1.165, 1.54) is 24.5 Å². The largest absolute Gasteiger partial charge is 0.469 e. The Bertz CT molecular complexity index is 1660. The lowest BCUT2D eigenvalue weighted by Gasteiger charge is -2.26. The van der Waals surface area contributed by atoms with Crippen molar-refractivity contribution < 1.29 is 62.2 Å². The number of aromatic nitrogens is 2. The molecular weight excluding hydrogens is 791 g/mol. The molecule has 330 valence electrons. The number of unbranched alkanes of at least 4 members (excludes halogenated alkanes) is 1. The Morgan fingerprint density at radius 1 is 0.949 bits per heavy atom. The molecule has 2 rings (SSSR count). The van der Waals surface area contributed by atoms with Gasteiger partial charge in [-0.3, -0.25) is 33.3 Å². The fourth-order valence-electron chi connectivity index (χ4n) is 6.25. The van der Waals surface area contributed by atoms with Crippen LogP contribution in [0.1, 0.15) is 70.6 Å². The van der Waals surface area contributed by atoms with Crippen LogP contribution in [0.15, 0.2) is 42.9 Å². The molecule has 5 atom stereocenters. The van der Waals surface area contributed by atoms with Gasteiger partial charge >= 0.3 is 7.82 Å². The lowest BCUT2D eigenvalue weighted by Crippen LogP contribution is -2.50. The number of phosphoric ester groups is 1. The lowest BCUT2D eigenvalue weighted by atomic mass is 9.89. The molecule has 0 bridgehead atoms. The monoisotopic (exact) mass is 852 g/mol. The van der Waals surface area contributed by atoms with Crippen LogP contribution in [-0.4, -0.2) is 130 Å². The number of imidazole rings is 1. The fraction of sp³-hybridized carbons (Fsp3) is 0.615. The van der Waals surface area contributed by atoms with E-state index in [1.807, 2.05) is 44.2 Å². The molecule has 0 aliphatic rings. The summed E-state index contributed by atoms with van der Waals surface area (Å²) in [5, 5.41) is 15.3. The van der Waals surface area contributed by atoms with Gasteiger partial charge in [-0.25, -0.2) is 9.55 Å². The topological polar surface area (TPSA) is 290 Å². The van der Waals surface area contributed by atoms with E-state index in [-0.39, 0.29) is 44.2 Å². The highest BCUT2D eigenvalue weighted by molar-refractivity contribution is 7.46. The SMILES string of the molecule is COCCOCCC(=O)N(CCCCc1ccccc1)CC(=O)N[C@@H](CC(C)C)C(=O)C[C@@H](Cc1cnc[nH]1)C(=O)N[C@@H](CO)C(=O)C[C@H](C(N)=O)[C@@H](C)OP(=O)(O)O. The molecule has 20 heteroatoms. The minimum atomic E-state index is -5.06. The molecule has 1 heterocycles. The van der Waals surface area contributed by atoms with Crippen molar-refractivity contribution in [1.82, 2.24) is 25.5 Å². The van der Waals surface area contributed by atoms with Crippen LogP contribution in [0.3, 0.4) is 0 Å². The van der Waals surface area contributed by atoms with Gasteiger partial charge in [-0.15, -0.1) is 0 Å². The van der Waals surface area contributed by atoms with Crippen LogP contribution in [0.5, 0.6) is 0 Å². The first-order chi connectivity index (χ1) is 27.9. The van der Waals surface area contributed by atoms with Crippen molar-refractivity contribution >= 4 is 43.0 Å². The third-order valence-corrected chi connectivity index (χ3v) is 9.99. The molecular formula is C39H61N6O13P. The number of hydrogen-bond acceptors (Lipinski definition) is 12. The summed E-state index contributed by atoms with van der Waals surface area (Å²) in [6.07, 6.45) is 2.57. The van der Waals surface area contributed by atoms with E-state index >= 15 is 0 Å². The number of aromatic amines is 1. The average molecular weight is 853 g/mol. The molecule has 0 radical (unpaired) electrons. The summed E-state index contributed by atoms with van der Waals surface area (Å²) in [4.78, 5) is 106. The van der Waals surface area contributed by atoms with E-state index in [2.05, 4.69) is 25.1 Å². The number of ether oxygens (including phenoxy) is 2. The normalized spacial score (nSPS) is 14.2. The fourth-order valence-corrected chi connectivity index (χ4v) is 6.83. The van der Waals surface area contributed by atoms with Crippen molar-refractivity contribution in [2.24, 2.45) is 23.5 Å². The van der Waals surface area contributed by atoms with Crippen LogP contribution in [0.25, 0.3) is 0 Å². The molecule has 19 nitrogen and oxygen atoms in total. The highest BCUT2D eigenvalue weighted by Crippen LogP contribution is 2.39. The Morgan fingerprint density at radius 3 is 2.24 bits per heavy atom. The maximum Gasteiger partial charge on any atom is 0.469 e. The number of hydrogen-bond donors (Lipinski definition) is 7. The van der Waals surface area contributed by atoms with Crippen LogP contribution in [-0.2, 0) is 60.2 Å². The number of benzene rings is 1. The molecule has 1 aromatic heterocycles. The summed E-state index contributed by atoms with van der Waals surface area (Å²) >= 11 is 0. The molecule has 0 fully saturated rings. The number of H-pyrrole nitrogens is 1. The standard InChI is InChI=1S/C39H61N6O13P/c1-26(2)18-32(43-36(49)23-45(37(50)13-15-57-17-16-56-4)14-9-8-12-28-10-6-5-7-11-28)34(47)20-29(19-30-22-41-25-42-30)39(52)44-33(24-46)35(48)21-31(38(40)51)27(3)58-59(53,54)55/h5-7,10-11,22,25-27,29,31-33,46H,8-9,12-21,23-24H2,1-4H3,(H2,40,51)(H,41,42)(H,43,49)(H,44,52)(H2,53,54,55)/t27-,29-,31+,32+,33+/m1/s1. The Labute approximate surface area is 344 Å². The number of phosphoric acid groups is 1. The number of methoxy groups -OCH3 is 1. The Balaban J connectivity index is 2.21. The zero-order valence-corrected chi connectivity index (χ0v) is 35.1. The van der Waals surface area contributed by atoms with Gasteiger partial charge in [0.05, 0.1) is 69.7 Å². The minimum absolute atomic E-state index is 0.0369. The Kier molecular flexibility index (Phi) is 23.0. The van der Waals surface area contributed by atoms with Gasteiger partial charge in [-0.1, -0.05) is 44.2 Å². The number of nitrogens with zero attached hydrogens (tertiary/aromatic N) is 2. The quantitative estimate of drug-likeness (QED) is 0.0412. The van der Waals surface area contributed by atoms with E-state index in [1.54, 1.807) is 0 Å². The molecule has 0 spiro atoms. The number of Topliss-reactive ketones (excluding diaryl/α,β-unsaturated/α-hetero) is 2. The lowest BCUT2D eigenvalue weighted by molar-refractivity contribution is -0.138. The van der Waals surface area contributed by atoms with Crippen molar-refractivity contribution in [3.8, 4) is 0 Å². The first-order valence-electron chi connectivity index (χ1n) is 19.6. The molecule has 59 heavy (non-hydrogen) atoms. The van der Waals surface area contributed by atoms with Gasteiger partial charge in [-0.05, 0) is 44.1 Å². The van der Waals surface area contributed by atoms with Gasteiger partial charge in [0.15, 0.2) is 11.6 Å². The van der Waals surface area contributed by atoms with Crippen molar-refractivity contribution in [3.05, 3.63) is 54.1 Å². The van der Waals surface area contributed by atoms with E-state index in [0.29, 0.717) is 31.9 Å². The predicted octanol–water partition coefficient (Wildman–Crippen LogP) is 0.999.